The van der Waals surface area contributed by atoms with Gasteiger partial charge in [0.15, 0.2) is 0 Å². The molecule has 6 nitrogen and oxygen atoms in total. The molecule has 2 heterocycles. The second kappa shape index (κ2) is 8.14. The minimum Gasteiger partial charge on any atom is -0.394 e. The minimum absolute atomic E-state index is 0.0258. The Balaban J connectivity index is 2.24. The van der Waals surface area contributed by atoms with Gasteiger partial charge in [0.05, 0.1) is 25.9 Å². The molecule has 2 N–H and O–H groups in total. The zero-order valence-corrected chi connectivity index (χ0v) is 13.0. The maximum Gasteiger partial charge on any atom is 0.134 e. The molecule has 1 aliphatic heterocycles. The molecule has 1 fully saturated rings. The summed E-state index contributed by atoms with van der Waals surface area (Å²) in [5, 5.41) is 12.9. The molecule has 0 radical (unpaired) electrons. The van der Waals surface area contributed by atoms with Crippen molar-refractivity contribution in [2.75, 3.05) is 43.1 Å². The van der Waals surface area contributed by atoms with E-state index in [1.54, 1.807) is 0 Å². The van der Waals surface area contributed by atoms with Gasteiger partial charge in [-0.05, 0) is 12.8 Å². The van der Waals surface area contributed by atoms with E-state index in [-0.39, 0.29) is 12.6 Å². The van der Waals surface area contributed by atoms with Crippen LogP contribution in [0.4, 0.5) is 11.6 Å². The second-order valence-electron chi connectivity index (χ2n) is 5.31. The molecular formula is C15H26N4O2. The number of aryl methyl sites for hydroxylation is 1. The number of ether oxygens (including phenoxy) is 1. The van der Waals surface area contributed by atoms with Gasteiger partial charge in [-0.15, -0.1) is 0 Å². The minimum atomic E-state index is -0.0258. The van der Waals surface area contributed by atoms with Crippen LogP contribution in [0.1, 0.15) is 32.5 Å². The van der Waals surface area contributed by atoms with Crippen LogP contribution in [0.3, 0.4) is 0 Å². The Hall–Kier alpha value is -1.40. The fraction of sp³-hybridized carbons (Fsp3) is 0.733. The highest BCUT2D eigenvalue weighted by Crippen LogP contribution is 2.21. The topological polar surface area (TPSA) is 70.5 Å². The molecule has 0 aromatic carbocycles. The van der Waals surface area contributed by atoms with E-state index in [0.29, 0.717) is 13.2 Å². The lowest BCUT2D eigenvalue weighted by molar-refractivity contribution is 0.0722. The molecule has 0 bridgehead atoms. The highest BCUT2D eigenvalue weighted by Gasteiger charge is 2.24. The quantitative estimate of drug-likeness (QED) is 0.793. The third-order valence-electron chi connectivity index (χ3n) is 3.52. The fourth-order valence-corrected chi connectivity index (χ4v) is 2.42. The van der Waals surface area contributed by atoms with Crippen LogP contribution in [0, 0.1) is 0 Å². The van der Waals surface area contributed by atoms with E-state index in [1.807, 2.05) is 6.07 Å². The zero-order valence-electron chi connectivity index (χ0n) is 13.0. The van der Waals surface area contributed by atoms with Gasteiger partial charge in [0.25, 0.3) is 0 Å². The van der Waals surface area contributed by atoms with Crippen LogP contribution in [0.2, 0.25) is 0 Å². The summed E-state index contributed by atoms with van der Waals surface area (Å²) in [6.07, 6.45) is 2.94. The Morgan fingerprint density at radius 3 is 2.95 bits per heavy atom. The normalized spacial score (nSPS) is 18.8. The van der Waals surface area contributed by atoms with Gasteiger partial charge in [-0.2, -0.15) is 0 Å². The predicted octanol–water partition coefficient (Wildman–Crippen LogP) is 1.45. The molecule has 118 valence electrons. The molecule has 0 spiro atoms. The highest BCUT2D eigenvalue weighted by molar-refractivity contribution is 5.50. The van der Waals surface area contributed by atoms with Crippen molar-refractivity contribution in [3.8, 4) is 0 Å². The molecule has 1 aromatic rings. The first-order valence-electron chi connectivity index (χ1n) is 7.85. The average molecular weight is 294 g/mol. The van der Waals surface area contributed by atoms with Crippen molar-refractivity contribution in [3.05, 3.63) is 11.9 Å². The van der Waals surface area contributed by atoms with Gasteiger partial charge in [-0.3, -0.25) is 0 Å². The molecule has 0 saturated carbocycles. The first kappa shape index (κ1) is 16.0. The molecule has 1 unspecified atom stereocenters. The Bertz CT molecular complexity index is 442. The van der Waals surface area contributed by atoms with E-state index >= 15 is 0 Å². The summed E-state index contributed by atoms with van der Waals surface area (Å²) in [5.41, 5.74) is 0. The van der Waals surface area contributed by atoms with Crippen molar-refractivity contribution in [2.24, 2.45) is 0 Å². The van der Waals surface area contributed by atoms with Gasteiger partial charge in [0.1, 0.15) is 17.5 Å². The highest BCUT2D eigenvalue weighted by atomic mass is 16.5. The smallest absolute Gasteiger partial charge is 0.134 e. The molecule has 2 rings (SSSR count). The van der Waals surface area contributed by atoms with Crippen molar-refractivity contribution in [2.45, 2.75) is 39.2 Å². The summed E-state index contributed by atoms with van der Waals surface area (Å²) in [6, 6.07) is 1.95. The molecule has 1 aliphatic rings. The molecule has 1 aromatic heterocycles. The van der Waals surface area contributed by atoms with Crippen LogP contribution in [0.25, 0.3) is 0 Å². The fourth-order valence-electron chi connectivity index (χ4n) is 2.42. The van der Waals surface area contributed by atoms with Gasteiger partial charge in [-0.1, -0.05) is 13.8 Å². The lowest BCUT2D eigenvalue weighted by Gasteiger charge is -2.35. The largest absolute Gasteiger partial charge is 0.394 e. The number of hydrogen-bond donors (Lipinski definition) is 2. The number of aliphatic hydroxyl groups is 1. The second-order valence-corrected chi connectivity index (χ2v) is 5.31. The maximum atomic E-state index is 9.53. The molecule has 6 heteroatoms. The van der Waals surface area contributed by atoms with Gasteiger partial charge in [0, 0.05) is 25.6 Å². The third-order valence-corrected chi connectivity index (χ3v) is 3.52. The van der Waals surface area contributed by atoms with E-state index in [1.165, 1.54) is 0 Å². The van der Waals surface area contributed by atoms with Crippen LogP contribution in [-0.2, 0) is 11.2 Å². The Kier molecular flexibility index (Phi) is 6.20. The number of nitrogens with one attached hydrogen (secondary N) is 1. The summed E-state index contributed by atoms with van der Waals surface area (Å²) < 4.78 is 5.44. The third kappa shape index (κ3) is 4.28. The van der Waals surface area contributed by atoms with Crippen molar-refractivity contribution >= 4 is 11.6 Å². The summed E-state index contributed by atoms with van der Waals surface area (Å²) in [6.45, 7) is 7.19. The summed E-state index contributed by atoms with van der Waals surface area (Å²) in [4.78, 5) is 11.4. The van der Waals surface area contributed by atoms with E-state index in [2.05, 4.69) is 34.0 Å². The van der Waals surface area contributed by atoms with Crippen molar-refractivity contribution < 1.29 is 9.84 Å². The van der Waals surface area contributed by atoms with Crippen LogP contribution in [0.5, 0.6) is 0 Å². The molecule has 0 aliphatic carbocycles. The first-order chi connectivity index (χ1) is 10.3. The average Bonchev–Trinajstić information content (AvgIpc) is 2.53. The zero-order chi connectivity index (χ0) is 15.1. The van der Waals surface area contributed by atoms with Gasteiger partial charge in [0.2, 0.25) is 0 Å². The first-order valence-corrected chi connectivity index (χ1v) is 7.85. The van der Waals surface area contributed by atoms with Crippen molar-refractivity contribution in [3.63, 3.8) is 0 Å². The molecule has 21 heavy (non-hydrogen) atoms. The Morgan fingerprint density at radius 2 is 2.24 bits per heavy atom. The summed E-state index contributed by atoms with van der Waals surface area (Å²) in [7, 11) is 0. The standard InChI is InChI=1S/C15H26N4O2/c1-3-5-13-17-14(16-6-4-2)9-15(18-13)19-7-8-21-11-12(19)10-20/h9,12,20H,3-8,10-11H2,1-2H3,(H,16,17,18). The number of hydrogen-bond acceptors (Lipinski definition) is 6. The monoisotopic (exact) mass is 294 g/mol. The van der Waals surface area contributed by atoms with Gasteiger partial charge < -0.3 is 20.1 Å². The number of anilines is 2. The van der Waals surface area contributed by atoms with Crippen LogP contribution >= 0.6 is 0 Å². The Labute approximate surface area is 126 Å². The number of rotatable bonds is 7. The van der Waals surface area contributed by atoms with Crippen LogP contribution in [-0.4, -0.2) is 54.0 Å². The summed E-state index contributed by atoms with van der Waals surface area (Å²) >= 11 is 0. The summed E-state index contributed by atoms with van der Waals surface area (Å²) in [5.74, 6) is 2.61. The van der Waals surface area contributed by atoms with Crippen LogP contribution in [0.15, 0.2) is 6.07 Å². The van der Waals surface area contributed by atoms with Crippen LogP contribution < -0.4 is 10.2 Å². The molecule has 1 saturated heterocycles. The lowest BCUT2D eigenvalue weighted by Crippen LogP contribution is -2.48. The Morgan fingerprint density at radius 1 is 1.38 bits per heavy atom. The molecule has 0 amide bonds. The maximum absolute atomic E-state index is 9.53. The van der Waals surface area contributed by atoms with Gasteiger partial charge in [-0.25, -0.2) is 9.97 Å². The van der Waals surface area contributed by atoms with E-state index < -0.39 is 0 Å². The van der Waals surface area contributed by atoms with Crippen molar-refractivity contribution in [1.82, 2.24) is 9.97 Å². The van der Waals surface area contributed by atoms with E-state index in [4.69, 9.17) is 4.74 Å². The number of aromatic nitrogens is 2. The molecule has 1 atom stereocenters. The lowest BCUT2D eigenvalue weighted by atomic mass is 10.2. The predicted molar refractivity (Wildman–Crippen MR) is 83.8 cm³/mol. The SMILES string of the molecule is CCCNc1cc(N2CCOCC2CO)nc(CCC)n1. The number of nitrogens with zero attached hydrogens (tertiary/aromatic N) is 3. The van der Waals surface area contributed by atoms with Gasteiger partial charge >= 0.3 is 0 Å². The van der Waals surface area contributed by atoms with E-state index in [9.17, 15) is 5.11 Å². The number of aliphatic hydroxyl groups excluding tert-OH is 1. The number of morpholine rings is 1. The molecular weight excluding hydrogens is 268 g/mol. The van der Waals surface area contributed by atoms with E-state index in [0.717, 1.165) is 49.8 Å². The van der Waals surface area contributed by atoms with Crippen molar-refractivity contribution in [1.29, 1.82) is 0 Å².